The lowest BCUT2D eigenvalue weighted by atomic mass is 9.98. The number of rotatable bonds is 9. The number of aryl methyl sites for hydroxylation is 1. The number of nitrogens with one attached hydrogen (secondary N) is 1. The Hall–Kier alpha value is -3.35. The summed E-state index contributed by atoms with van der Waals surface area (Å²) in [5, 5.41) is 12.1. The maximum Gasteiger partial charge on any atom is 0.308 e. The van der Waals surface area contributed by atoms with Crippen LogP contribution < -0.4 is 15.8 Å². The molecule has 0 bridgehead atoms. The van der Waals surface area contributed by atoms with Crippen LogP contribution in [0.25, 0.3) is 0 Å². The largest absolute Gasteiger partial charge is 0.484 e. The summed E-state index contributed by atoms with van der Waals surface area (Å²) in [6.45, 7) is 1.71. The van der Waals surface area contributed by atoms with Crippen molar-refractivity contribution in [1.29, 1.82) is 0 Å². The van der Waals surface area contributed by atoms with Gasteiger partial charge in [-0.3, -0.25) is 14.4 Å². The van der Waals surface area contributed by atoms with E-state index < -0.39 is 17.8 Å². The van der Waals surface area contributed by atoms with Gasteiger partial charge in [0.1, 0.15) is 5.75 Å². The molecule has 2 amide bonds. The molecule has 2 rings (SSSR count). The molecule has 2 aromatic carbocycles. The Balaban J connectivity index is 1.93. The Kier molecular flexibility index (Phi) is 6.93. The quantitative estimate of drug-likeness (QED) is 0.618. The van der Waals surface area contributed by atoms with Gasteiger partial charge in [0.2, 0.25) is 0 Å². The standard InChI is InChI=1S/C20H22N2O5/c1-13-3-2-4-14(9-13)10-16(20(25)26)11-22-19(24)15-5-7-17(8-6-15)27-12-18(21)23/h2-9,16H,10-12H2,1H3,(H2,21,23)(H,22,24)(H,25,26). The summed E-state index contributed by atoms with van der Waals surface area (Å²) in [5.41, 5.74) is 7.32. The van der Waals surface area contributed by atoms with Crippen molar-refractivity contribution in [2.75, 3.05) is 13.2 Å². The van der Waals surface area contributed by atoms with Crippen molar-refractivity contribution in [1.82, 2.24) is 5.32 Å². The predicted molar refractivity (Wildman–Crippen MR) is 99.5 cm³/mol. The number of ether oxygens (including phenoxy) is 1. The minimum Gasteiger partial charge on any atom is -0.484 e. The van der Waals surface area contributed by atoms with Crippen LogP contribution in [0, 0.1) is 12.8 Å². The smallest absolute Gasteiger partial charge is 0.308 e. The summed E-state index contributed by atoms with van der Waals surface area (Å²) in [4.78, 5) is 34.4. The molecule has 0 aliphatic rings. The number of carbonyl (C=O) groups is 3. The van der Waals surface area contributed by atoms with E-state index in [0.29, 0.717) is 17.7 Å². The van der Waals surface area contributed by atoms with E-state index in [2.05, 4.69) is 5.32 Å². The number of primary amides is 1. The first-order valence-corrected chi connectivity index (χ1v) is 8.43. The normalized spacial score (nSPS) is 11.4. The number of hydrogen-bond acceptors (Lipinski definition) is 4. The van der Waals surface area contributed by atoms with E-state index in [0.717, 1.165) is 11.1 Å². The van der Waals surface area contributed by atoms with Gasteiger partial charge >= 0.3 is 5.97 Å². The summed E-state index contributed by atoms with van der Waals surface area (Å²) < 4.78 is 5.12. The predicted octanol–water partition coefficient (Wildman–Crippen LogP) is 1.53. The molecule has 4 N–H and O–H groups in total. The van der Waals surface area contributed by atoms with Crippen molar-refractivity contribution in [2.45, 2.75) is 13.3 Å². The first kappa shape index (κ1) is 20.0. The molecule has 0 fully saturated rings. The fourth-order valence-electron chi connectivity index (χ4n) is 2.55. The zero-order valence-electron chi connectivity index (χ0n) is 15.0. The maximum absolute atomic E-state index is 12.2. The Labute approximate surface area is 157 Å². The first-order chi connectivity index (χ1) is 12.8. The van der Waals surface area contributed by atoms with Gasteiger partial charge in [0, 0.05) is 12.1 Å². The van der Waals surface area contributed by atoms with Gasteiger partial charge in [-0.2, -0.15) is 0 Å². The highest BCUT2D eigenvalue weighted by atomic mass is 16.5. The third-order valence-corrected chi connectivity index (χ3v) is 3.92. The van der Waals surface area contributed by atoms with Crippen LogP contribution in [0.5, 0.6) is 5.75 Å². The molecule has 0 spiro atoms. The monoisotopic (exact) mass is 370 g/mol. The molecule has 0 saturated heterocycles. The highest BCUT2D eigenvalue weighted by Crippen LogP contribution is 2.13. The number of nitrogens with two attached hydrogens (primary N) is 1. The highest BCUT2D eigenvalue weighted by Gasteiger charge is 2.19. The van der Waals surface area contributed by atoms with Crippen LogP contribution in [-0.4, -0.2) is 36.0 Å². The van der Waals surface area contributed by atoms with Crippen LogP contribution in [0.15, 0.2) is 48.5 Å². The Morgan fingerprint density at radius 3 is 2.44 bits per heavy atom. The summed E-state index contributed by atoms with van der Waals surface area (Å²) in [7, 11) is 0. The van der Waals surface area contributed by atoms with E-state index in [9.17, 15) is 19.5 Å². The zero-order valence-corrected chi connectivity index (χ0v) is 15.0. The van der Waals surface area contributed by atoms with E-state index >= 15 is 0 Å². The zero-order chi connectivity index (χ0) is 19.8. The van der Waals surface area contributed by atoms with Crippen molar-refractivity contribution >= 4 is 17.8 Å². The van der Waals surface area contributed by atoms with Crippen LogP contribution in [0.2, 0.25) is 0 Å². The fourth-order valence-corrected chi connectivity index (χ4v) is 2.55. The molecule has 0 aliphatic heterocycles. The average Bonchev–Trinajstić information content (AvgIpc) is 2.63. The average molecular weight is 370 g/mol. The summed E-state index contributed by atoms with van der Waals surface area (Å²) in [6, 6.07) is 13.8. The SMILES string of the molecule is Cc1cccc(CC(CNC(=O)c2ccc(OCC(N)=O)cc2)C(=O)O)c1. The first-order valence-electron chi connectivity index (χ1n) is 8.43. The van der Waals surface area contributed by atoms with Crippen LogP contribution in [-0.2, 0) is 16.0 Å². The van der Waals surface area contributed by atoms with Crippen LogP contribution in [0.1, 0.15) is 21.5 Å². The molecule has 1 unspecified atom stereocenters. The Morgan fingerprint density at radius 1 is 1.15 bits per heavy atom. The van der Waals surface area contributed by atoms with Gasteiger partial charge in [0.15, 0.2) is 6.61 Å². The molecule has 7 heteroatoms. The Morgan fingerprint density at radius 2 is 1.85 bits per heavy atom. The van der Waals surface area contributed by atoms with E-state index in [-0.39, 0.29) is 19.1 Å². The molecule has 0 aromatic heterocycles. The van der Waals surface area contributed by atoms with Crippen LogP contribution >= 0.6 is 0 Å². The molecule has 0 radical (unpaired) electrons. The minimum absolute atomic E-state index is 0.0159. The number of carbonyl (C=O) groups excluding carboxylic acids is 2. The van der Waals surface area contributed by atoms with Crippen molar-refractivity contribution in [3.63, 3.8) is 0 Å². The van der Waals surface area contributed by atoms with Gasteiger partial charge < -0.3 is 20.9 Å². The molecule has 1 atom stereocenters. The van der Waals surface area contributed by atoms with Crippen LogP contribution in [0.3, 0.4) is 0 Å². The second-order valence-corrected chi connectivity index (χ2v) is 6.22. The lowest BCUT2D eigenvalue weighted by molar-refractivity contribution is -0.141. The van der Waals surface area contributed by atoms with Crippen molar-refractivity contribution in [3.05, 3.63) is 65.2 Å². The summed E-state index contributed by atoms with van der Waals surface area (Å²) in [5.74, 6) is -2.26. The van der Waals surface area contributed by atoms with Gasteiger partial charge in [-0.05, 0) is 43.2 Å². The van der Waals surface area contributed by atoms with Gasteiger partial charge in [-0.1, -0.05) is 29.8 Å². The second kappa shape index (κ2) is 9.38. The van der Waals surface area contributed by atoms with Crippen molar-refractivity contribution < 1.29 is 24.2 Å². The molecule has 7 nitrogen and oxygen atoms in total. The highest BCUT2D eigenvalue weighted by molar-refractivity contribution is 5.94. The van der Waals surface area contributed by atoms with E-state index in [1.54, 1.807) is 12.1 Å². The molecular formula is C20H22N2O5. The molecule has 0 aliphatic carbocycles. The molecule has 142 valence electrons. The van der Waals surface area contributed by atoms with Crippen LogP contribution in [0.4, 0.5) is 0 Å². The summed E-state index contributed by atoms with van der Waals surface area (Å²) in [6.07, 6.45) is 0.331. The molecule has 0 saturated carbocycles. The molecule has 27 heavy (non-hydrogen) atoms. The second-order valence-electron chi connectivity index (χ2n) is 6.22. The van der Waals surface area contributed by atoms with Crippen molar-refractivity contribution in [3.8, 4) is 5.75 Å². The third-order valence-electron chi connectivity index (χ3n) is 3.92. The number of carboxylic acids is 1. The molecule has 2 aromatic rings. The summed E-state index contributed by atoms with van der Waals surface area (Å²) >= 11 is 0. The van der Waals surface area contributed by atoms with E-state index in [1.165, 1.54) is 12.1 Å². The minimum atomic E-state index is -0.966. The number of amides is 2. The fraction of sp³-hybridized carbons (Fsp3) is 0.250. The third kappa shape index (κ3) is 6.47. The van der Waals surface area contributed by atoms with Gasteiger partial charge in [-0.25, -0.2) is 0 Å². The van der Waals surface area contributed by atoms with E-state index in [4.69, 9.17) is 10.5 Å². The molecule has 0 heterocycles. The molecular weight excluding hydrogens is 348 g/mol. The number of benzene rings is 2. The maximum atomic E-state index is 12.2. The number of hydrogen-bond donors (Lipinski definition) is 3. The lowest BCUT2D eigenvalue weighted by Gasteiger charge is -2.14. The number of aliphatic carboxylic acids is 1. The van der Waals surface area contributed by atoms with Gasteiger partial charge in [-0.15, -0.1) is 0 Å². The lowest BCUT2D eigenvalue weighted by Crippen LogP contribution is -2.34. The van der Waals surface area contributed by atoms with E-state index in [1.807, 2.05) is 31.2 Å². The number of carboxylic acid groups (broad SMARTS) is 1. The Bertz CT molecular complexity index is 817. The topological polar surface area (TPSA) is 119 Å². The van der Waals surface area contributed by atoms with Gasteiger partial charge in [0.05, 0.1) is 5.92 Å². The van der Waals surface area contributed by atoms with Gasteiger partial charge in [0.25, 0.3) is 11.8 Å². The van der Waals surface area contributed by atoms with Crippen molar-refractivity contribution in [2.24, 2.45) is 11.7 Å².